The number of nitrogens with zero attached hydrogens (tertiary/aromatic N) is 3. The van der Waals surface area contributed by atoms with E-state index in [1.165, 1.54) is 28.6 Å². The van der Waals surface area contributed by atoms with Crippen LogP contribution in [0.25, 0.3) is 11.4 Å². The van der Waals surface area contributed by atoms with Gasteiger partial charge in [-0.1, -0.05) is 67.6 Å². The van der Waals surface area contributed by atoms with Crippen molar-refractivity contribution < 1.29 is 9.18 Å². The standard InChI is InChI=1S/C21H24FN5OS/c1-13(2)19(15-8-10-17(22)11-9-15)24-18(28)12-29-21-26-25-20(27(21)23)16-6-4-14(3)5-7-16/h4-11,13,19H,12,23H2,1-3H3,(H,24,28). The third kappa shape index (κ3) is 5.14. The zero-order valence-corrected chi connectivity index (χ0v) is 17.4. The number of carbonyl (C=O) groups is 1. The molecule has 1 amide bonds. The molecule has 1 aromatic heterocycles. The van der Waals surface area contributed by atoms with Crippen molar-refractivity contribution in [3.05, 3.63) is 65.5 Å². The van der Waals surface area contributed by atoms with Crippen molar-refractivity contribution in [1.29, 1.82) is 0 Å². The average molecular weight is 414 g/mol. The molecule has 1 unspecified atom stereocenters. The third-order valence-corrected chi connectivity index (χ3v) is 5.46. The molecule has 0 bridgehead atoms. The molecule has 6 nitrogen and oxygen atoms in total. The summed E-state index contributed by atoms with van der Waals surface area (Å²) in [6.07, 6.45) is 0. The number of aromatic nitrogens is 3. The van der Waals surface area contributed by atoms with E-state index in [4.69, 9.17) is 5.84 Å². The van der Waals surface area contributed by atoms with Crippen LogP contribution >= 0.6 is 11.8 Å². The highest BCUT2D eigenvalue weighted by Gasteiger charge is 2.20. The minimum absolute atomic E-state index is 0.146. The number of nitrogens with two attached hydrogens (primary N) is 1. The van der Waals surface area contributed by atoms with Crippen molar-refractivity contribution in [1.82, 2.24) is 20.2 Å². The highest BCUT2D eigenvalue weighted by Crippen LogP contribution is 2.24. The summed E-state index contributed by atoms with van der Waals surface area (Å²) in [5.41, 5.74) is 2.87. The van der Waals surface area contributed by atoms with E-state index in [9.17, 15) is 9.18 Å². The maximum absolute atomic E-state index is 13.2. The normalized spacial score (nSPS) is 12.2. The van der Waals surface area contributed by atoms with Gasteiger partial charge in [0, 0.05) is 5.56 Å². The van der Waals surface area contributed by atoms with Gasteiger partial charge in [-0.2, -0.15) is 0 Å². The molecule has 0 spiro atoms. The van der Waals surface area contributed by atoms with Crippen LogP contribution in [0.15, 0.2) is 53.7 Å². The smallest absolute Gasteiger partial charge is 0.230 e. The number of hydrogen-bond acceptors (Lipinski definition) is 5. The van der Waals surface area contributed by atoms with Gasteiger partial charge in [-0.3, -0.25) is 4.79 Å². The molecule has 1 heterocycles. The SMILES string of the molecule is Cc1ccc(-c2nnc(SCC(=O)NC(c3ccc(F)cc3)C(C)C)n2N)cc1. The summed E-state index contributed by atoms with van der Waals surface area (Å²) in [5, 5.41) is 11.7. The molecular weight excluding hydrogens is 389 g/mol. The first-order valence-electron chi connectivity index (χ1n) is 9.30. The maximum Gasteiger partial charge on any atom is 0.230 e. The number of thioether (sulfide) groups is 1. The predicted octanol–water partition coefficient (Wildman–Crippen LogP) is 3.71. The van der Waals surface area contributed by atoms with E-state index < -0.39 is 0 Å². The summed E-state index contributed by atoms with van der Waals surface area (Å²) in [7, 11) is 0. The Kier molecular flexibility index (Phi) is 6.53. The molecular formula is C21H24FN5OS. The van der Waals surface area contributed by atoms with Crippen LogP contribution in [0.3, 0.4) is 0 Å². The Morgan fingerprint density at radius 3 is 2.41 bits per heavy atom. The van der Waals surface area contributed by atoms with Crippen molar-refractivity contribution in [2.45, 2.75) is 32.0 Å². The van der Waals surface area contributed by atoms with Gasteiger partial charge in [0.25, 0.3) is 0 Å². The monoisotopic (exact) mass is 413 g/mol. The molecule has 8 heteroatoms. The zero-order chi connectivity index (χ0) is 21.0. The van der Waals surface area contributed by atoms with Crippen LogP contribution in [-0.4, -0.2) is 26.5 Å². The Bertz CT molecular complexity index is 970. The summed E-state index contributed by atoms with van der Waals surface area (Å²) < 4.78 is 14.6. The first-order valence-corrected chi connectivity index (χ1v) is 10.3. The van der Waals surface area contributed by atoms with Gasteiger partial charge in [-0.25, -0.2) is 9.07 Å². The van der Waals surface area contributed by atoms with E-state index in [0.29, 0.717) is 11.0 Å². The average Bonchev–Trinajstić information content (AvgIpc) is 3.06. The second kappa shape index (κ2) is 9.09. The first kappa shape index (κ1) is 20.9. The minimum Gasteiger partial charge on any atom is -0.348 e. The summed E-state index contributed by atoms with van der Waals surface area (Å²) in [4.78, 5) is 12.5. The second-order valence-corrected chi connectivity index (χ2v) is 8.11. The number of nitrogen functional groups attached to an aromatic ring is 1. The predicted molar refractivity (Wildman–Crippen MR) is 113 cm³/mol. The van der Waals surface area contributed by atoms with Gasteiger partial charge in [0.1, 0.15) is 5.82 Å². The van der Waals surface area contributed by atoms with Crippen LogP contribution < -0.4 is 11.2 Å². The molecule has 3 aromatic rings. The van der Waals surface area contributed by atoms with Gasteiger partial charge in [-0.15, -0.1) is 10.2 Å². The van der Waals surface area contributed by atoms with E-state index >= 15 is 0 Å². The Hall–Kier alpha value is -2.87. The van der Waals surface area contributed by atoms with Gasteiger partial charge in [0.05, 0.1) is 11.8 Å². The molecule has 0 saturated heterocycles. The molecule has 3 N–H and O–H groups in total. The van der Waals surface area contributed by atoms with Crippen molar-refractivity contribution in [2.24, 2.45) is 5.92 Å². The molecule has 29 heavy (non-hydrogen) atoms. The lowest BCUT2D eigenvalue weighted by atomic mass is 9.96. The molecule has 2 aromatic carbocycles. The van der Waals surface area contributed by atoms with Crippen LogP contribution in [0.2, 0.25) is 0 Å². The molecule has 0 fully saturated rings. The van der Waals surface area contributed by atoms with E-state index in [1.54, 1.807) is 12.1 Å². The van der Waals surface area contributed by atoms with Gasteiger partial charge in [-0.05, 0) is 30.5 Å². The summed E-state index contributed by atoms with van der Waals surface area (Å²) in [6.45, 7) is 6.02. The quantitative estimate of drug-likeness (QED) is 0.456. The van der Waals surface area contributed by atoms with E-state index in [2.05, 4.69) is 15.5 Å². The number of hydrogen-bond donors (Lipinski definition) is 2. The number of rotatable bonds is 7. The van der Waals surface area contributed by atoms with E-state index in [-0.39, 0.29) is 29.4 Å². The lowest BCUT2D eigenvalue weighted by molar-refractivity contribution is -0.119. The van der Waals surface area contributed by atoms with Gasteiger partial charge in [0.15, 0.2) is 5.82 Å². The number of carbonyl (C=O) groups excluding carboxylic acids is 1. The number of nitrogens with one attached hydrogen (secondary N) is 1. The molecule has 0 radical (unpaired) electrons. The third-order valence-electron chi connectivity index (χ3n) is 4.52. The first-order chi connectivity index (χ1) is 13.8. The summed E-state index contributed by atoms with van der Waals surface area (Å²) >= 11 is 1.22. The van der Waals surface area contributed by atoms with Crippen LogP contribution in [0, 0.1) is 18.7 Å². The lowest BCUT2D eigenvalue weighted by Crippen LogP contribution is -2.33. The molecule has 3 rings (SSSR count). The van der Waals surface area contributed by atoms with Crippen molar-refractivity contribution >= 4 is 17.7 Å². The molecule has 0 aliphatic heterocycles. The Morgan fingerprint density at radius 1 is 1.14 bits per heavy atom. The van der Waals surface area contributed by atoms with Gasteiger partial charge in [0.2, 0.25) is 11.1 Å². The van der Waals surface area contributed by atoms with Gasteiger partial charge >= 0.3 is 0 Å². The molecule has 1 atom stereocenters. The lowest BCUT2D eigenvalue weighted by Gasteiger charge is -2.23. The van der Waals surface area contributed by atoms with E-state index in [0.717, 1.165) is 16.7 Å². The van der Waals surface area contributed by atoms with Crippen molar-refractivity contribution in [3.63, 3.8) is 0 Å². The molecule has 0 aliphatic rings. The minimum atomic E-state index is -0.301. The van der Waals surface area contributed by atoms with Crippen LogP contribution in [-0.2, 0) is 4.79 Å². The fraction of sp³-hybridized carbons (Fsp3) is 0.286. The van der Waals surface area contributed by atoms with Crippen LogP contribution in [0.4, 0.5) is 4.39 Å². The van der Waals surface area contributed by atoms with Gasteiger partial charge < -0.3 is 11.2 Å². The largest absolute Gasteiger partial charge is 0.348 e. The highest BCUT2D eigenvalue weighted by atomic mass is 32.2. The number of halogens is 1. The fourth-order valence-electron chi connectivity index (χ4n) is 2.93. The summed E-state index contributed by atoms with van der Waals surface area (Å²) in [6, 6.07) is 13.8. The summed E-state index contributed by atoms with van der Waals surface area (Å²) in [5.74, 6) is 6.50. The van der Waals surface area contributed by atoms with Crippen molar-refractivity contribution in [3.8, 4) is 11.4 Å². The van der Waals surface area contributed by atoms with Crippen molar-refractivity contribution in [2.75, 3.05) is 11.6 Å². The molecule has 0 aliphatic carbocycles. The number of amides is 1. The molecule has 152 valence electrons. The maximum atomic E-state index is 13.2. The fourth-order valence-corrected chi connectivity index (χ4v) is 3.59. The Morgan fingerprint density at radius 2 is 1.79 bits per heavy atom. The highest BCUT2D eigenvalue weighted by molar-refractivity contribution is 7.99. The molecule has 0 saturated carbocycles. The Balaban J connectivity index is 1.64. The van der Waals surface area contributed by atoms with Crippen LogP contribution in [0.5, 0.6) is 0 Å². The number of benzene rings is 2. The topological polar surface area (TPSA) is 85.8 Å². The number of aryl methyl sites for hydroxylation is 1. The van der Waals surface area contributed by atoms with E-state index in [1.807, 2.05) is 45.0 Å². The zero-order valence-electron chi connectivity index (χ0n) is 16.6. The Labute approximate surface area is 173 Å². The van der Waals surface area contributed by atoms with Crippen LogP contribution in [0.1, 0.15) is 31.0 Å². The second-order valence-electron chi connectivity index (χ2n) is 7.17.